The lowest BCUT2D eigenvalue weighted by atomic mass is 10.1. The summed E-state index contributed by atoms with van der Waals surface area (Å²) in [6, 6.07) is 4.68. The first-order valence-electron chi connectivity index (χ1n) is 5.80. The van der Waals surface area contributed by atoms with Gasteiger partial charge in [-0.25, -0.2) is 0 Å². The molecule has 0 N–H and O–H groups in total. The average Bonchev–Trinajstić information content (AvgIpc) is 2.90. The van der Waals surface area contributed by atoms with Crippen molar-refractivity contribution in [3.63, 3.8) is 0 Å². The fraction of sp³-hybridized carbons (Fsp3) is 0.385. The molecule has 0 saturated carbocycles. The summed E-state index contributed by atoms with van der Waals surface area (Å²) in [5.74, 6) is -0.665. The molecule has 5 heteroatoms. The molecule has 18 heavy (non-hydrogen) atoms. The lowest BCUT2D eigenvalue weighted by molar-refractivity contribution is -0.125. The molecule has 1 aromatic rings. The maximum absolute atomic E-state index is 12.1. The molecule has 4 nitrogen and oxygen atoms in total. The van der Waals surface area contributed by atoms with Gasteiger partial charge in [0.1, 0.15) is 5.75 Å². The Labute approximate surface area is 110 Å². The minimum atomic E-state index is -0.559. The van der Waals surface area contributed by atoms with E-state index >= 15 is 0 Å². The van der Waals surface area contributed by atoms with Crippen molar-refractivity contribution in [2.45, 2.75) is 12.8 Å². The minimum Gasteiger partial charge on any atom is -0.496 e. The third-order valence-electron chi connectivity index (χ3n) is 2.99. The number of carbonyl (C=O) groups excluding carboxylic acids is 2. The van der Waals surface area contributed by atoms with E-state index in [-0.39, 0.29) is 5.56 Å². The number of nitrogens with zero attached hydrogens (tertiary/aromatic N) is 1. The third-order valence-corrected chi connectivity index (χ3v) is 3.23. The number of ether oxygens (including phenoxy) is 1. The van der Waals surface area contributed by atoms with Crippen molar-refractivity contribution in [1.29, 1.82) is 0 Å². The van der Waals surface area contributed by atoms with Gasteiger partial charge in [-0.15, -0.1) is 0 Å². The van der Waals surface area contributed by atoms with E-state index in [0.717, 1.165) is 12.8 Å². The van der Waals surface area contributed by atoms with Crippen LogP contribution in [0, 0.1) is 0 Å². The highest BCUT2D eigenvalue weighted by Crippen LogP contribution is 2.24. The van der Waals surface area contributed by atoms with Crippen molar-refractivity contribution in [2.75, 3.05) is 20.2 Å². The van der Waals surface area contributed by atoms with E-state index in [1.165, 1.54) is 13.2 Å². The molecule has 0 unspecified atom stereocenters. The number of benzene rings is 1. The first kappa shape index (κ1) is 12.9. The summed E-state index contributed by atoms with van der Waals surface area (Å²) >= 11 is 5.85. The van der Waals surface area contributed by atoms with E-state index in [9.17, 15) is 9.59 Å². The Morgan fingerprint density at radius 2 is 1.94 bits per heavy atom. The zero-order valence-corrected chi connectivity index (χ0v) is 10.9. The van der Waals surface area contributed by atoms with Crippen LogP contribution in [0.5, 0.6) is 5.75 Å². The summed E-state index contributed by atoms with van der Waals surface area (Å²) in [7, 11) is 1.46. The second kappa shape index (κ2) is 5.40. The van der Waals surface area contributed by atoms with Crippen molar-refractivity contribution in [2.24, 2.45) is 0 Å². The zero-order chi connectivity index (χ0) is 13.1. The van der Waals surface area contributed by atoms with Crippen molar-refractivity contribution in [3.05, 3.63) is 28.8 Å². The SMILES string of the molecule is COc1ccc(Cl)cc1C(=O)C(=O)N1CCCC1. The van der Waals surface area contributed by atoms with Gasteiger partial charge >= 0.3 is 0 Å². The second-order valence-corrected chi connectivity index (χ2v) is 4.61. The predicted octanol–water partition coefficient (Wildman–Crippen LogP) is 2.15. The van der Waals surface area contributed by atoms with Crippen molar-refractivity contribution in [1.82, 2.24) is 4.90 Å². The van der Waals surface area contributed by atoms with Crippen LogP contribution in [-0.2, 0) is 4.79 Å². The topological polar surface area (TPSA) is 46.6 Å². The van der Waals surface area contributed by atoms with Crippen LogP contribution in [0.15, 0.2) is 18.2 Å². The van der Waals surface area contributed by atoms with Crippen LogP contribution in [-0.4, -0.2) is 36.8 Å². The molecule has 1 aliphatic heterocycles. The van der Waals surface area contributed by atoms with Gasteiger partial charge in [-0.3, -0.25) is 9.59 Å². The molecule has 0 aromatic heterocycles. The normalized spacial score (nSPS) is 14.7. The maximum atomic E-state index is 12.1. The van der Waals surface area contributed by atoms with E-state index < -0.39 is 11.7 Å². The van der Waals surface area contributed by atoms with Crippen LogP contribution in [0.25, 0.3) is 0 Å². The van der Waals surface area contributed by atoms with Crippen molar-refractivity contribution >= 4 is 23.3 Å². The highest BCUT2D eigenvalue weighted by atomic mass is 35.5. The van der Waals surface area contributed by atoms with Crippen LogP contribution in [0.4, 0.5) is 0 Å². The van der Waals surface area contributed by atoms with Crippen LogP contribution >= 0.6 is 11.6 Å². The van der Waals surface area contributed by atoms with Gasteiger partial charge in [0.25, 0.3) is 11.7 Å². The van der Waals surface area contributed by atoms with Crippen LogP contribution in [0.1, 0.15) is 23.2 Å². The molecule has 0 bridgehead atoms. The molecule has 0 spiro atoms. The number of halogens is 1. The fourth-order valence-corrected chi connectivity index (χ4v) is 2.21. The Bertz CT molecular complexity index is 481. The Balaban J connectivity index is 2.27. The van der Waals surface area contributed by atoms with Gasteiger partial charge in [0.2, 0.25) is 0 Å². The number of rotatable bonds is 3. The number of ketones is 1. The van der Waals surface area contributed by atoms with Gasteiger partial charge in [-0.05, 0) is 31.0 Å². The molecule has 1 amide bonds. The van der Waals surface area contributed by atoms with E-state index in [0.29, 0.717) is 23.9 Å². The molecular weight excluding hydrogens is 254 g/mol. The minimum absolute atomic E-state index is 0.224. The zero-order valence-electron chi connectivity index (χ0n) is 10.1. The molecule has 0 atom stereocenters. The van der Waals surface area contributed by atoms with E-state index in [1.807, 2.05) is 0 Å². The quantitative estimate of drug-likeness (QED) is 0.623. The summed E-state index contributed by atoms with van der Waals surface area (Å²) < 4.78 is 5.08. The molecule has 96 valence electrons. The predicted molar refractivity (Wildman–Crippen MR) is 68.1 cm³/mol. The van der Waals surface area contributed by atoms with E-state index in [4.69, 9.17) is 16.3 Å². The van der Waals surface area contributed by atoms with Crippen LogP contribution in [0.3, 0.4) is 0 Å². The summed E-state index contributed by atoms with van der Waals surface area (Å²) in [5, 5.41) is 0.411. The summed E-state index contributed by atoms with van der Waals surface area (Å²) in [6.07, 6.45) is 1.90. The van der Waals surface area contributed by atoms with Gasteiger partial charge in [-0.1, -0.05) is 11.6 Å². The second-order valence-electron chi connectivity index (χ2n) is 4.17. The molecule has 1 saturated heterocycles. The van der Waals surface area contributed by atoms with Crippen molar-refractivity contribution < 1.29 is 14.3 Å². The first-order chi connectivity index (χ1) is 8.63. The summed E-state index contributed by atoms with van der Waals surface area (Å²) in [4.78, 5) is 25.7. The molecule has 1 aliphatic rings. The lowest BCUT2D eigenvalue weighted by Crippen LogP contribution is -2.34. The Kier molecular flexibility index (Phi) is 3.87. The fourth-order valence-electron chi connectivity index (χ4n) is 2.04. The van der Waals surface area contributed by atoms with Gasteiger partial charge in [0, 0.05) is 18.1 Å². The first-order valence-corrected chi connectivity index (χ1v) is 6.18. The van der Waals surface area contributed by atoms with Crippen molar-refractivity contribution in [3.8, 4) is 5.75 Å². The monoisotopic (exact) mass is 267 g/mol. The number of Topliss-reactive ketones (excluding diaryl/α,β-unsaturated/α-hetero) is 1. The summed E-state index contributed by atoms with van der Waals surface area (Å²) in [6.45, 7) is 1.29. The standard InChI is InChI=1S/C13H14ClNO3/c1-18-11-5-4-9(14)8-10(11)12(16)13(17)15-6-2-3-7-15/h4-5,8H,2-3,6-7H2,1H3. The molecular formula is C13H14ClNO3. The molecule has 1 fully saturated rings. The number of amides is 1. The average molecular weight is 268 g/mol. The maximum Gasteiger partial charge on any atom is 0.295 e. The highest BCUT2D eigenvalue weighted by molar-refractivity contribution is 6.44. The van der Waals surface area contributed by atoms with Gasteiger partial charge in [0.05, 0.1) is 12.7 Å². The van der Waals surface area contributed by atoms with E-state index in [2.05, 4.69) is 0 Å². The third kappa shape index (κ3) is 2.48. The number of methoxy groups -OCH3 is 1. The Morgan fingerprint density at radius 1 is 1.28 bits per heavy atom. The highest BCUT2D eigenvalue weighted by Gasteiger charge is 2.27. The van der Waals surface area contributed by atoms with Crippen LogP contribution in [0.2, 0.25) is 5.02 Å². The van der Waals surface area contributed by atoms with Gasteiger partial charge in [-0.2, -0.15) is 0 Å². The van der Waals surface area contributed by atoms with Gasteiger partial charge < -0.3 is 9.64 Å². The Morgan fingerprint density at radius 3 is 2.56 bits per heavy atom. The smallest absolute Gasteiger partial charge is 0.295 e. The number of hydrogen-bond donors (Lipinski definition) is 0. The molecule has 1 aromatic carbocycles. The number of likely N-dealkylation sites (tertiary alicyclic amines) is 1. The van der Waals surface area contributed by atoms with Gasteiger partial charge in [0.15, 0.2) is 0 Å². The van der Waals surface area contributed by atoms with E-state index in [1.54, 1.807) is 17.0 Å². The Hall–Kier alpha value is -1.55. The largest absolute Gasteiger partial charge is 0.496 e. The molecule has 0 aliphatic carbocycles. The number of hydrogen-bond acceptors (Lipinski definition) is 3. The van der Waals surface area contributed by atoms with Crippen LogP contribution < -0.4 is 4.74 Å². The number of carbonyl (C=O) groups is 2. The lowest BCUT2D eigenvalue weighted by Gasteiger charge is -2.15. The molecule has 0 radical (unpaired) electrons. The molecule has 1 heterocycles. The molecule has 2 rings (SSSR count). The summed E-state index contributed by atoms with van der Waals surface area (Å²) in [5.41, 5.74) is 0.224.